The summed E-state index contributed by atoms with van der Waals surface area (Å²) in [4.78, 5) is 29.0. The second kappa shape index (κ2) is 10.7. The number of rotatable bonds is 9. The molecular weight excluding hydrogens is 541 g/mol. The highest BCUT2D eigenvalue weighted by Gasteiger charge is 2.85. The van der Waals surface area contributed by atoms with E-state index in [-0.39, 0.29) is 53.1 Å². The van der Waals surface area contributed by atoms with Crippen molar-refractivity contribution in [3.05, 3.63) is 22.2 Å². The fourth-order valence-corrected chi connectivity index (χ4v) is 9.65. The van der Waals surface area contributed by atoms with Crippen LogP contribution in [0.4, 0.5) is 0 Å². The van der Waals surface area contributed by atoms with E-state index < -0.39 is 22.4 Å². The summed E-state index contributed by atoms with van der Waals surface area (Å²) in [6.07, 6.45) is 7.44. The number of ether oxygens (including phenoxy) is 3. The van der Waals surface area contributed by atoms with Gasteiger partial charge in [0.25, 0.3) is 0 Å². The fourth-order valence-electron chi connectivity index (χ4n) is 9.51. The van der Waals surface area contributed by atoms with Crippen molar-refractivity contribution in [1.29, 1.82) is 0 Å². The molecule has 10 atom stereocenters. The van der Waals surface area contributed by atoms with Crippen molar-refractivity contribution in [1.82, 2.24) is 4.90 Å². The van der Waals surface area contributed by atoms with Crippen LogP contribution in [-0.2, 0) is 23.8 Å². The zero-order valence-corrected chi connectivity index (χ0v) is 25.2. The topological polar surface area (TPSA) is 85.3 Å². The second-order valence-electron chi connectivity index (χ2n) is 13.0. The minimum atomic E-state index is -1.36. The van der Waals surface area contributed by atoms with Gasteiger partial charge in [0, 0.05) is 32.7 Å². The maximum absolute atomic E-state index is 13.6. The van der Waals surface area contributed by atoms with Crippen molar-refractivity contribution < 1.29 is 28.9 Å². The summed E-state index contributed by atoms with van der Waals surface area (Å²) in [5.41, 5.74) is -2.40. The normalized spacial score (nSPS) is 45.1. The molecule has 3 saturated carbocycles. The molecule has 4 aliphatic carbocycles. The van der Waals surface area contributed by atoms with Gasteiger partial charge in [-0.15, -0.1) is 0 Å². The molecule has 0 unspecified atom stereocenters. The summed E-state index contributed by atoms with van der Waals surface area (Å²) in [6, 6.07) is 0. The first-order valence-corrected chi connectivity index (χ1v) is 15.2. The van der Waals surface area contributed by atoms with Crippen LogP contribution in [0.2, 0.25) is 0 Å². The molecule has 1 aliphatic heterocycles. The van der Waals surface area contributed by atoms with Gasteiger partial charge in [0.1, 0.15) is 16.2 Å². The van der Waals surface area contributed by atoms with Crippen molar-refractivity contribution in [2.45, 2.75) is 77.3 Å². The number of carbonyl (C=O) groups is 2. The van der Waals surface area contributed by atoms with Gasteiger partial charge in [-0.2, -0.15) is 0 Å². The maximum Gasteiger partial charge on any atom is 0.317 e. The zero-order chi connectivity index (χ0) is 28.3. The number of nitrogens with zero attached hydrogens (tertiary/aromatic N) is 1. The first-order chi connectivity index (χ1) is 18.5. The minimum absolute atomic E-state index is 0.00303. The Morgan fingerprint density at radius 3 is 2.62 bits per heavy atom. The van der Waals surface area contributed by atoms with E-state index in [0.717, 1.165) is 24.7 Å². The first-order valence-electron chi connectivity index (χ1n) is 14.4. The molecule has 0 spiro atoms. The van der Waals surface area contributed by atoms with Gasteiger partial charge >= 0.3 is 5.97 Å². The molecule has 5 aliphatic rings. The van der Waals surface area contributed by atoms with Gasteiger partial charge in [0.2, 0.25) is 0 Å². The molecule has 5 rings (SSSR count). The predicted octanol–water partition coefficient (Wildman–Crippen LogP) is 5.10. The van der Waals surface area contributed by atoms with Crippen LogP contribution in [0, 0.1) is 40.4 Å². The quantitative estimate of drug-likeness (QED) is 0.298. The second-order valence-corrected chi connectivity index (χ2v) is 14.0. The summed E-state index contributed by atoms with van der Waals surface area (Å²) >= 11 is 11.8. The maximum atomic E-state index is 13.6. The van der Waals surface area contributed by atoms with Gasteiger partial charge in [-0.05, 0) is 55.9 Å². The largest absolute Gasteiger partial charge is 0.480 e. The Labute approximate surface area is 242 Å². The van der Waals surface area contributed by atoms with E-state index in [0.29, 0.717) is 38.4 Å². The van der Waals surface area contributed by atoms with Crippen LogP contribution in [-0.4, -0.2) is 79.5 Å². The number of carboxylic acid groups (broad SMARTS) is 1. The third-order valence-electron chi connectivity index (χ3n) is 11.0. The molecule has 9 heteroatoms. The van der Waals surface area contributed by atoms with Crippen molar-refractivity contribution in [2.24, 2.45) is 40.4 Å². The van der Waals surface area contributed by atoms with E-state index >= 15 is 0 Å². The smallest absolute Gasteiger partial charge is 0.317 e. The van der Waals surface area contributed by atoms with Crippen molar-refractivity contribution in [2.75, 3.05) is 33.4 Å². The number of carboxylic acids is 1. The van der Waals surface area contributed by atoms with Crippen LogP contribution in [0.1, 0.15) is 53.4 Å². The Balaban J connectivity index is 1.51. The lowest BCUT2D eigenvalue weighted by atomic mass is 9.45. The Hall–Kier alpha value is -0.960. The number of hydrogen-bond donors (Lipinski definition) is 1. The molecule has 1 N–H and O–H groups in total. The van der Waals surface area contributed by atoms with Gasteiger partial charge in [0.05, 0.1) is 35.9 Å². The minimum Gasteiger partial charge on any atom is -0.480 e. The summed E-state index contributed by atoms with van der Waals surface area (Å²) in [7, 11) is 1.68. The van der Waals surface area contributed by atoms with Gasteiger partial charge < -0.3 is 24.1 Å². The number of aliphatic carboxylic acids is 1. The predicted molar refractivity (Wildman–Crippen MR) is 150 cm³/mol. The van der Waals surface area contributed by atoms with E-state index in [9.17, 15) is 14.7 Å². The lowest BCUT2D eigenvalue weighted by Crippen LogP contribution is -2.66. The average Bonchev–Trinajstić information content (AvgIpc) is 3.40. The number of fused-ring (bicyclic) bond motifs is 2. The fraction of sp³-hybridized carbons (Fsp3) is 0.800. The average molecular weight is 585 g/mol. The molecule has 0 aromatic carbocycles. The molecule has 4 bridgehead atoms. The van der Waals surface area contributed by atoms with E-state index in [1.807, 2.05) is 20.8 Å². The third-order valence-corrected chi connectivity index (χ3v) is 11.3. The number of methoxy groups -OCH3 is 1. The van der Waals surface area contributed by atoms with Crippen LogP contribution in [0.25, 0.3) is 0 Å². The van der Waals surface area contributed by atoms with Crippen molar-refractivity contribution >= 4 is 35.5 Å². The molecule has 1 saturated heterocycles. The molecule has 0 amide bonds. The molecule has 1 heterocycles. The Morgan fingerprint density at radius 2 is 2.00 bits per heavy atom. The highest BCUT2D eigenvalue weighted by molar-refractivity contribution is 6.55. The van der Waals surface area contributed by atoms with Crippen LogP contribution in [0.5, 0.6) is 0 Å². The highest BCUT2D eigenvalue weighted by Crippen LogP contribution is 2.80. The van der Waals surface area contributed by atoms with Crippen LogP contribution >= 0.6 is 23.2 Å². The van der Waals surface area contributed by atoms with Crippen LogP contribution in [0.3, 0.4) is 0 Å². The molecule has 218 valence electrons. The van der Waals surface area contributed by atoms with Crippen molar-refractivity contribution in [3.8, 4) is 0 Å². The van der Waals surface area contributed by atoms with Crippen LogP contribution < -0.4 is 0 Å². The van der Waals surface area contributed by atoms with Gasteiger partial charge in [-0.3, -0.25) is 9.69 Å². The highest BCUT2D eigenvalue weighted by atomic mass is 35.5. The van der Waals surface area contributed by atoms with E-state index in [2.05, 4.69) is 17.9 Å². The third kappa shape index (κ3) is 4.20. The first kappa shape index (κ1) is 29.5. The zero-order valence-electron chi connectivity index (χ0n) is 23.7. The van der Waals surface area contributed by atoms with Gasteiger partial charge in [-0.1, -0.05) is 62.0 Å². The Kier molecular flexibility index (Phi) is 8.11. The molecule has 0 aromatic heterocycles. The van der Waals surface area contributed by atoms with E-state index in [1.54, 1.807) is 13.2 Å². The number of carbonyl (C=O) groups excluding carboxylic acids is 1. The molecule has 39 heavy (non-hydrogen) atoms. The molecule has 4 fully saturated rings. The number of hydrogen-bond acceptors (Lipinski definition) is 6. The van der Waals surface area contributed by atoms with Crippen molar-refractivity contribution in [3.63, 3.8) is 0 Å². The molecule has 7 nitrogen and oxygen atoms in total. The molecule has 0 radical (unpaired) electrons. The molecule has 0 aromatic rings. The van der Waals surface area contributed by atoms with E-state index in [4.69, 9.17) is 37.4 Å². The van der Waals surface area contributed by atoms with Gasteiger partial charge in [0.15, 0.2) is 0 Å². The lowest BCUT2D eigenvalue weighted by molar-refractivity contribution is -0.218. The standard InChI is InChI=1S/C30H43Cl2NO6/c1-17(2)24-10-20-11-28(16-34)23-7-6-18(3)22(23)12-29(20,30(24,28)27(35)36)38-15-21-13-33(9-8-26(31)32)14-25(37-5)19(4)39-21/h8,10,16-23,25H,6-7,9,11-15H2,1-5H3,(H,35,36)/t18-,19-,20+,21-,22-,23-,25+,28+,29+,30+/m1/s1. The summed E-state index contributed by atoms with van der Waals surface area (Å²) < 4.78 is 19.4. The summed E-state index contributed by atoms with van der Waals surface area (Å²) in [5, 5.41) is 11.2. The van der Waals surface area contributed by atoms with Gasteiger partial charge in [-0.25, -0.2) is 0 Å². The lowest BCUT2D eigenvalue weighted by Gasteiger charge is -2.58. The SMILES string of the molecule is CO[C@H]1CN(CC=C(Cl)Cl)C[C@H](CO[C@@]23C[C@@H]4[C@H](C)CC[C@H]4[C@@]4(C=O)C[C@@H]2C=C(C(C)C)[C@@]34C(=O)O)O[C@@H]1C. The summed E-state index contributed by atoms with van der Waals surface area (Å²) in [6.45, 7) is 10.3. The monoisotopic (exact) mass is 583 g/mol. The van der Waals surface area contributed by atoms with Crippen LogP contribution in [0.15, 0.2) is 22.2 Å². The molecular formula is C30H43Cl2NO6. The Bertz CT molecular complexity index is 1040. The Morgan fingerprint density at radius 1 is 1.26 bits per heavy atom. The number of halogens is 2. The summed E-state index contributed by atoms with van der Waals surface area (Å²) in [5.74, 6) is -0.244. The van der Waals surface area contributed by atoms with E-state index in [1.165, 1.54) is 0 Å². The number of aldehydes is 1.